The highest BCUT2D eigenvalue weighted by Gasteiger charge is 2.16. The molecule has 0 saturated carbocycles. The van der Waals surface area contributed by atoms with E-state index in [0.717, 1.165) is 17.0 Å². The number of aromatic amines is 1. The Morgan fingerprint density at radius 2 is 2.18 bits per heavy atom. The standard InChI is InChI=1S/C16H20ClN3O2/c1-12-15(19-11-18-12)10-20(8-9-21)16(22)7-6-13-4-2-3-5-14(13)17/h2-5,11,21H,6-10H2,1H3,(H,18,19). The number of carbonyl (C=O) groups excluding carboxylic acids is 1. The number of hydrogen-bond donors (Lipinski definition) is 2. The third-order valence-electron chi connectivity index (χ3n) is 3.56. The van der Waals surface area contributed by atoms with Crippen LogP contribution in [0.4, 0.5) is 0 Å². The molecule has 2 N–H and O–H groups in total. The largest absolute Gasteiger partial charge is 0.395 e. The van der Waals surface area contributed by atoms with Crippen molar-refractivity contribution in [2.75, 3.05) is 13.2 Å². The second-order valence-corrected chi connectivity index (χ2v) is 5.51. The number of aliphatic hydroxyl groups excluding tert-OH is 1. The third-order valence-corrected chi connectivity index (χ3v) is 3.93. The lowest BCUT2D eigenvalue weighted by atomic mass is 10.1. The van der Waals surface area contributed by atoms with Crippen LogP contribution in [0, 0.1) is 6.92 Å². The maximum Gasteiger partial charge on any atom is 0.223 e. The predicted molar refractivity (Wildman–Crippen MR) is 85.6 cm³/mol. The van der Waals surface area contributed by atoms with E-state index >= 15 is 0 Å². The van der Waals surface area contributed by atoms with E-state index in [4.69, 9.17) is 16.7 Å². The topological polar surface area (TPSA) is 69.2 Å². The van der Waals surface area contributed by atoms with Gasteiger partial charge in [-0.05, 0) is 25.0 Å². The van der Waals surface area contributed by atoms with Gasteiger partial charge in [0, 0.05) is 23.7 Å². The molecule has 0 unspecified atom stereocenters. The molecule has 0 aliphatic rings. The summed E-state index contributed by atoms with van der Waals surface area (Å²) in [6.45, 7) is 2.54. The van der Waals surface area contributed by atoms with Gasteiger partial charge in [0.25, 0.3) is 0 Å². The van der Waals surface area contributed by atoms with Gasteiger partial charge in [-0.15, -0.1) is 0 Å². The van der Waals surface area contributed by atoms with E-state index in [1.807, 2.05) is 31.2 Å². The van der Waals surface area contributed by atoms with Crippen molar-refractivity contribution in [3.63, 3.8) is 0 Å². The van der Waals surface area contributed by atoms with Gasteiger partial charge in [-0.25, -0.2) is 4.98 Å². The Kier molecular flexibility index (Phi) is 5.98. The number of rotatable bonds is 7. The zero-order valence-corrected chi connectivity index (χ0v) is 13.3. The van der Waals surface area contributed by atoms with Crippen LogP contribution in [0.1, 0.15) is 23.4 Å². The van der Waals surface area contributed by atoms with Crippen LogP contribution in [-0.4, -0.2) is 39.0 Å². The Labute approximate surface area is 134 Å². The number of hydrogen-bond acceptors (Lipinski definition) is 3. The summed E-state index contributed by atoms with van der Waals surface area (Å²) < 4.78 is 0. The monoisotopic (exact) mass is 321 g/mol. The van der Waals surface area contributed by atoms with Crippen molar-refractivity contribution in [1.29, 1.82) is 0 Å². The summed E-state index contributed by atoms with van der Waals surface area (Å²) in [4.78, 5) is 21.2. The molecule has 2 aromatic rings. The lowest BCUT2D eigenvalue weighted by molar-refractivity contribution is -0.132. The summed E-state index contributed by atoms with van der Waals surface area (Å²) >= 11 is 6.11. The molecule has 5 nitrogen and oxygen atoms in total. The van der Waals surface area contributed by atoms with Gasteiger partial charge in [-0.1, -0.05) is 29.8 Å². The number of aliphatic hydroxyl groups is 1. The number of aryl methyl sites for hydroxylation is 2. The molecule has 0 atom stereocenters. The first-order chi connectivity index (χ1) is 10.6. The molecule has 2 rings (SSSR count). The predicted octanol–water partition coefficient (Wildman–Crippen LogP) is 2.33. The van der Waals surface area contributed by atoms with Crippen LogP contribution in [0.3, 0.4) is 0 Å². The number of H-pyrrole nitrogens is 1. The first kappa shape index (κ1) is 16.5. The average molecular weight is 322 g/mol. The fourth-order valence-electron chi connectivity index (χ4n) is 2.24. The first-order valence-corrected chi connectivity index (χ1v) is 7.60. The number of carbonyl (C=O) groups is 1. The van der Waals surface area contributed by atoms with Gasteiger partial charge in [-0.3, -0.25) is 4.79 Å². The molecular formula is C16H20ClN3O2. The Morgan fingerprint density at radius 3 is 2.82 bits per heavy atom. The second kappa shape index (κ2) is 7.96. The number of imidazole rings is 1. The molecule has 0 fully saturated rings. The number of nitrogens with zero attached hydrogens (tertiary/aromatic N) is 2. The molecule has 6 heteroatoms. The molecule has 22 heavy (non-hydrogen) atoms. The smallest absolute Gasteiger partial charge is 0.223 e. The second-order valence-electron chi connectivity index (χ2n) is 5.10. The number of halogens is 1. The molecule has 1 aromatic carbocycles. The van der Waals surface area contributed by atoms with Crippen LogP contribution in [0.2, 0.25) is 5.02 Å². The van der Waals surface area contributed by atoms with E-state index in [2.05, 4.69) is 9.97 Å². The molecule has 0 spiro atoms. The molecule has 0 aliphatic carbocycles. The molecule has 0 bridgehead atoms. The number of nitrogens with one attached hydrogen (secondary N) is 1. The fraction of sp³-hybridized carbons (Fsp3) is 0.375. The minimum atomic E-state index is -0.0682. The summed E-state index contributed by atoms with van der Waals surface area (Å²) in [5, 5.41) is 9.84. The SMILES string of the molecule is Cc1[nH]cnc1CN(CCO)C(=O)CCc1ccccc1Cl. The normalized spacial score (nSPS) is 10.7. The molecule has 118 valence electrons. The van der Waals surface area contributed by atoms with Crippen molar-refractivity contribution in [2.24, 2.45) is 0 Å². The van der Waals surface area contributed by atoms with E-state index in [1.54, 1.807) is 11.2 Å². The summed E-state index contributed by atoms with van der Waals surface area (Å²) in [6.07, 6.45) is 2.54. The Bertz CT molecular complexity index is 627. The highest BCUT2D eigenvalue weighted by atomic mass is 35.5. The van der Waals surface area contributed by atoms with E-state index in [-0.39, 0.29) is 12.5 Å². The lowest BCUT2D eigenvalue weighted by Crippen LogP contribution is -2.33. The number of amides is 1. The zero-order chi connectivity index (χ0) is 15.9. The van der Waals surface area contributed by atoms with Crippen molar-refractivity contribution in [1.82, 2.24) is 14.9 Å². The van der Waals surface area contributed by atoms with Crippen LogP contribution in [0.25, 0.3) is 0 Å². The van der Waals surface area contributed by atoms with Crippen molar-refractivity contribution in [2.45, 2.75) is 26.3 Å². The Hall–Kier alpha value is -1.85. The van der Waals surface area contributed by atoms with Gasteiger partial charge in [0.05, 0.1) is 25.2 Å². The Balaban J connectivity index is 1.97. The van der Waals surface area contributed by atoms with Gasteiger partial charge in [0.1, 0.15) is 0 Å². The van der Waals surface area contributed by atoms with Gasteiger partial charge < -0.3 is 15.0 Å². The minimum Gasteiger partial charge on any atom is -0.395 e. The summed E-state index contributed by atoms with van der Waals surface area (Å²) in [5.74, 6) is -0.0173. The highest BCUT2D eigenvalue weighted by molar-refractivity contribution is 6.31. The Morgan fingerprint density at radius 1 is 1.41 bits per heavy atom. The molecule has 1 heterocycles. The molecule has 0 saturated heterocycles. The average Bonchev–Trinajstić information content (AvgIpc) is 2.91. The molecule has 1 amide bonds. The van der Waals surface area contributed by atoms with E-state index < -0.39 is 0 Å². The van der Waals surface area contributed by atoms with Gasteiger partial charge in [0.2, 0.25) is 5.91 Å². The zero-order valence-electron chi connectivity index (χ0n) is 12.6. The van der Waals surface area contributed by atoms with Crippen molar-refractivity contribution >= 4 is 17.5 Å². The van der Waals surface area contributed by atoms with Crippen LogP contribution < -0.4 is 0 Å². The van der Waals surface area contributed by atoms with Gasteiger partial charge in [0.15, 0.2) is 0 Å². The third kappa shape index (κ3) is 4.32. The summed E-state index contributed by atoms with van der Waals surface area (Å²) in [6, 6.07) is 7.51. The maximum absolute atomic E-state index is 12.4. The summed E-state index contributed by atoms with van der Waals surface area (Å²) in [5.41, 5.74) is 2.71. The van der Waals surface area contributed by atoms with E-state index in [0.29, 0.717) is 31.0 Å². The van der Waals surface area contributed by atoms with E-state index in [1.165, 1.54) is 0 Å². The quantitative estimate of drug-likeness (QED) is 0.822. The van der Waals surface area contributed by atoms with E-state index in [9.17, 15) is 4.79 Å². The number of aromatic nitrogens is 2. The first-order valence-electron chi connectivity index (χ1n) is 7.22. The summed E-state index contributed by atoms with van der Waals surface area (Å²) in [7, 11) is 0. The molecule has 0 aliphatic heterocycles. The van der Waals surface area contributed by atoms with Gasteiger partial charge in [-0.2, -0.15) is 0 Å². The van der Waals surface area contributed by atoms with Crippen molar-refractivity contribution < 1.29 is 9.90 Å². The maximum atomic E-state index is 12.4. The van der Waals surface area contributed by atoms with Crippen molar-refractivity contribution in [3.8, 4) is 0 Å². The van der Waals surface area contributed by atoms with Crippen molar-refractivity contribution in [3.05, 3.63) is 52.6 Å². The van der Waals surface area contributed by atoms with Crippen LogP contribution in [0.15, 0.2) is 30.6 Å². The van der Waals surface area contributed by atoms with Crippen LogP contribution in [-0.2, 0) is 17.8 Å². The molecule has 0 radical (unpaired) electrons. The minimum absolute atomic E-state index is 0.0173. The van der Waals surface area contributed by atoms with Crippen LogP contribution >= 0.6 is 11.6 Å². The lowest BCUT2D eigenvalue weighted by Gasteiger charge is -2.21. The molecular weight excluding hydrogens is 302 g/mol. The molecule has 1 aromatic heterocycles. The van der Waals surface area contributed by atoms with Gasteiger partial charge >= 0.3 is 0 Å². The van der Waals surface area contributed by atoms with Crippen LogP contribution in [0.5, 0.6) is 0 Å². The highest BCUT2D eigenvalue weighted by Crippen LogP contribution is 2.17. The fourth-order valence-corrected chi connectivity index (χ4v) is 2.47. The number of benzene rings is 1.